The van der Waals surface area contributed by atoms with E-state index in [0.717, 1.165) is 54.9 Å². The summed E-state index contributed by atoms with van der Waals surface area (Å²) in [5.41, 5.74) is 3.82. The number of carbonyl (C=O) groups excluding carboxylic acids is 2. The van der Waals surface area contributed by atoms with Crippen molar-refractivity contribution >= 4 is 11.8 Å². The summed E-state index contributed by atoms with van der Waals surface area (Å²) >= 11 is 0. The number of piperidine rings is 1. The third-order valence-corrected chi connectivity index (χ3v) is 6.19. The summed E-state index contributed by atoms with van der Waals surface area (Å²) in [6.45, 7) is 6.18. The van der Waals surface area contributed by atoms with Crippen LogP contribution in [0.1, 0.15) is 53.8 Å². The Morgan fingerprint density at radius 3 is 2.85 bits per heavy atom. The quantitative estimate of drug-likeness (QED) is 0.748. The number of allylic oxidation sites excluding steroid dienone is 1. The molecule has 1 aromatic rings. The number of hydrogen-bond donors (Lipinski definition) is 1. The number of aromatic nitrogens is 1. The molecule has 3 rings (SSSR count). The number of likely N-dealkylation sites (tertiary alicyclic amines) is 1. The molecule has 0 radical (unpaired) electrons. The standard InChI is InChI=1S/C21H31N3O3/c1-15-13-17(16(2)24(15)11-6-12-27-4)20(26)22-14-21-9-5-7-18(21)23(3)19(25)8-10-21/h7,13H,5-6,8-12,14H2,1-4H3,(H,22,26). The van der Waals surface area contributed by atoms with E-state index >= 15 is 0 Å². The predicted octanol–water partition coefficient (Wildman–Crippen LogP) is 2.79. The Morgan fingerprint density at radius 1 is 1.33 bits per heavy atom. The van der Waals surface area contributed by atoms with Gasteiger partial charge in [-0.3, -0.25) is 9.59 Å². The largest absolute Gasteiger partial charge is 0.385 e. The summed E-state index contributed by atoms with van der Waals surface area (Å²) in [7, 11) is 3.55. The van der Waals surface area contributed by atoms with Gasteiger partial charge in [-0.25, -0.2) is 0 Å². The maximum Gasteiger partial charge on any atom is 0.253 e. The molecule has 6 heteroatoms. The molecular formula is C21H31N3O3. The summed E-state index contributed by atoms with van der Waals surface area (Å²) < 4.78 is 7.31. The van der Waals surface area contributed by atoms with Crippen molar-refractivity contribution in [1.82, 2.24) is 14.8 Å². The normalized spacial score (nSPS) is 22.0. The highest BCUT2D eigenvalue weighted by atomic mass is 16.5. The molecule has 1 aliphatic heterocycles. The SMILES string of the molecule is COCCCn1c(C)cc(C(=O)NCC23CCC=C2N(C)C(=O)CC3)c1C. The van der Waals surface area contributed by atoms with Crippen LogP contribution >= 0.6 is 0 Å². The Bertz CT molecular complexity index is 765. The highest BCUT2D eigenvalue weighted by Gasteiger charge is 2.44. The Hall–Kier alpha value is -2.08. The highest BCUT2D eigenvalue weighted by molar-refractivity contribution is 5.95. The zero-order valence-corrected chi connectivity index (χ0v) is 16.9. The highest BCUT2D eigenvalue weighted by Crippen LogP contribution is 2.46. The van der Waals surface area contributed by atoms with E-state index in [1.807, 2.05) is 27.0 Å². The molecule has 0 saturated carbocycles. The minimum absolute atomic E-state index is 0.0266. The predicted molar refractivity (Wildman–Crippen MR) is 104 cm³/mol. The van der Waals surface area contributed by atoms with Crippen molar-refractivity contribution in [2.75, 3.05) is 27.3 Å². The number of nitrogens with zero attached hydrogens (tertiary/aromatic N) is 2. The minimum atomic E-state index is -0.0949. The molecule has 0 spiro atoms. The molecule has 2 aliphatic rings. The number of aryl methyl sites for hydroxylation is 1. The number of nitrogens with one attached hydrogen (secondary N) is 1. The first-order valence-electron chi connectivity index (χ1n) is 9.81. The van der Waals surface area contributed by atoms with E-state index in [0.29, 0.717) is 19.6 Å². The van der Waals surface area contributed by atoms with Crippen molar-refractivity contribution in [1.29, 1.82) is 0 Å². The Kier molecular flexibility index (Phi) is 5.75. The lowest BCUT2D eigenvalue weighted by molar-refractivity contribution is -0.131. The van der Waals surface area contributed by atoms with Gasteiger partial charge < -0.3 is 19.5 Å². The summed E-state index contributed by atoms with van der Waals surface area (Å²) in [6, 6.07) is 1.97. The van der Waals surface area contributed by atoms with Gasteiger partial charge in [-0.1, -0.05) is 6.08 Å². The Morgan fingerprint density at radius 2 is 2.11 bits per heavy atom. The van der Waals surface area contributed by atoms with Crippen molar-refractivity contribution in [2.24, 2.45) is 5.41 Å². The van der Waals surface area contributed by atoms with Gasteiger partial charge in [-0.2, -0.15) is 0 Å². The lowest BCUT2D eigenvalue weighted by Crippen LogP contribution is -2.46. The molecule has 1 fully saturated rings. The maximum absolute atomic E-state index is 12.9. The molecule has 2 amide bonds. The molecular weight excluding hydrogens is 342 g/mol. The third kappa shape index (κ3) is 3.68. The van der Waals surface area contributed by atoms with Gasteiger partial charge in [-0.15, -0.1) is 0 Å². The van der Waals surface area contributed by atoms with Crippen molar-refractivity contribution < 1.29 is 14.3 Å². The van der Waals surface area contributed by atoms with Gasteiger partial charge >= 0.3 is 0 Å². The lowest BCUT2D eigenvalue weighted by atomic mass is 9.77. The van der Waals surface area contributed by atoms with Gasteiger partial charge in [0.1, 0.15) is 0 Å². The second kappa shape index (κ2) is 7.89. The van der Waals surface area contributed by atoms with Gasteiger partial charge in [-0.05, 0) is 45.6 Å². The number of rotatable bonds is 7. The zero-order chi connectivity index (χ0) is 19.6. The van der Waals surface area contributed by atoms with Crippen LogP contribution in [0.4, 0.5) is 0 Å². The van der Waals surface area contributed by atoms with E-state index in [2.05, 4.69) is 16.0 Å². The molecule has 1 unspecified atom stereocenters. The fourth-order valence-corrected chi connectivity index (χ4v) is 4.58. The van der Waals surface area contributed by atoms with Gasteiger partial charge in [0.15, 0.2) is 0 Å². The third-order valence-electron chi connectivity index (χ3n) is 6.19. The van der Waals surface area contributed by atoms with Crippen LogP contribution in [0.15, 0.2) is 17.8 Å². The molecule has 27 heavy (non-hydrogen) atoms. The van der Waals surface area contributed by atoms with Gasteiger partial charge in [0.05, 0.1) is 5.56 Å². The second-order valence-electron chi connectivity index (χ2n) is 7.83. The summed E-state index contributed by atoms with van der Waals surface area (Å²) in [4.78, 5) is 26.7. The molecule has 1 N–H and O–H groups in total. The van der Waals surface area contributed by atoms with Gasteiger partial charge in [0.25, 0.3) is 5.91 Å². The first-order chi connectivity index (χ1) is 12.9. The molecule has 0 bridgehead atoms. The van der Waals surface area contributed by atoms with E-state index in [9.17, 15) is 9.59 Å². The maximum atomic E-state index is 12.9. The smallest absolute Gasteiger partial charge is 0.253 e. The van der Waals surface area contributed by atoms with Crippen LogP contribution in [0.5, 0.6) is 0 Å². The molecule has 0 aromatic carbocycles. The van der Waals surface area contributed by atoms with Crippen LogP contribution in [-0.2, 0) is 16.1 Å². The van der Waals surface area contributed by atoms with E-state index < -0.39 is 0 Å². The van der Waals surface area contributed by atoms with Crippen LogP contribution in [0.3, 0.4) is 0 Å². The van der Waals surface area contributed by atoms with E-state index in [-0.39, 0.29) is 17.2 Å². The number of amides is 2. The average molecular weight is 373 g/mol. The number of carbonyl (C=O) groups is 2. The Balaban J connectivity index is 1.69. The molecule has 1 saturated heterocycles. The van der Waals surface area contributed by atoms with Crippen molar-refractivity contribution in [3.8, 4) is 0 Å². The summed E-state index contributed by atoms with van der Waals surface area (Å²) in [6.07, 6.45) is 6.42. The lowest BCUT2D eigenvalue weighted by Gasteiger charge is -2.41. The number of fused-ring (bicyclic) bond motifs is 1. The van der Waals surface area contributed by atoms with Crippen LogP contribution in [0.25, 0.3) is 0 Å². The first kappa shape index (κ1) is 19.7. The van der Waals surface area contributed by atoms with Gasteiger partial charge in [0, 0.05) is 62.8 Å². The van der Waals surface area contributed by atoms with Crippen LogP contribution in [-0.4, -0.2) is 48.6 Å². The molecule has 1 atom stereocenters. The average Bonchev–Trinajstić information content (AvgIpc) is 3.20. The summed E-state index contributed by atoms with van der Waals surface area (Å²) in [5.74, 6) is 0.144. The van der Waals surface area contributed by atoms with Crippen LogP contribution in [0, 0.1) is 19.3 Å². The fraction of sp³-hybridized carbons (Fsp3) is 0.619. The van der Waals surface area contributed by atoms with Gasteiger partial charge in [0.2, 0.25) is 5.91 Å². The van der Waals surface area contributed by atoms with Crippen LogP contribution < -0.4 is 5.32 Å². The van der Waals surface area contributed by atoms with Crippen molar-refractivity contribution in [2.45, 2.75) is 52.5 Å². The molecule has 2 heterocycles. The van der Waals surface area contributed by atoms with E-state index in [1.54, 1.807) is 12.0 Å². The molecule has 1 aromatic heterocycles. The number of ether oxygens (including phenoxy) is 1. The van der Waals surface area contributed by atoms with Crippen molar-refractivity contribution in [3.05, 3.63) is 34.8 Å². The van der Waals surface area contributed by atoms with E-state index in [4.69, 9.17) is 4.74 Å². The zero-order valence-electron chi connectivity index (χ0n) is 16.9. The monoisotopic (exact) mass is 373 g/mol. The first-order valence-corrected chi connectivity index (χ1v) is 9.81. The fourth-order valence-electron chi connectivity index (χ4n) is 4.58. The minimum Gasteiger partial charge on any atom is -0.385 e. The van der Waals surface area contributed by atoms with Crippen molar-refractivity contribution in [3.63, 3.8) is 0 Å². The summed E-state index contributed by atoms with van der Waals surface area (Å²) in [5, 5.41) is 3.16. The second-order valence-corrected chi connectivity index (χ2v) is 7.83. The molecule has 1 aliphatic carbocycles. The topological polar surface area (TPSA) is 63.6 Å². The Labute approximate surface area is 161 Å². The number of hydrogen-bond acceptors (Lipinski definition) is 3. The van der Waals surface area contributed by atoms with Crippen LogP contribution in [0.2, 0.25) is 0 Å². The molecule has 6 nitrogen and oxygen atoms in total. The number of methoxy groups -OCH3 is 1. The van der Waals surface area contributed by atoms with E-state index in [1.165, 1.54) is 0 Å². The molecule has 148 valence electrons.